The maximum atomic E-state index is 11.3. The molecule has 90 valence electrons. The molecule has 0 radical (unpaired) electrons. The molecule has 0 atom stereocenters. The Morgan fingerprint density at radius 3 is 2.81 bits per heavy atom. The lowest BCUT2D eigenvalue weighted by Crippen LogP contribution is -2.25. The van der Waals surface area contributed by atoms with Gasteiger partial charge in [-0.05, 0) is 26.2 Å². The van der Waals surface area contributed by atoms with Gasteiger partial charge < -0.3 is 9.64 Å². The van der Waals surface area contributed by atoms with E-state index in [1.54, 1.807) is 6.92 Å². The monoisotopic (exact) mass is 225 g/mol. The summed E-state index contributed by atoms with van der Waals surface area (Å²) in [6.45, 7) is 7.20. The van der Waals surface area contributed by atoms with Crippen LogP contribution in [0, 0.1) is 0 Å². The SMILES string of the molecule is C=C(C)C(=O)OCCCCN1CCCC1=O. The number of ether oxygens (including phenoxy) is 1. The smallest absolute Gasteiger partial charge is 0.333 e. The number of carbonyl (C=O) groups excluding carboxylic acids is 2. The second kappa shape index (κ2) is 6.30. The van der Waals surface area contributed by atoms with Crippen molar-refractivity contribution < 1.29 is 14.3 Å². The molecule has 0 aromatic carbocycles. The van der Waals surface area contributed by atoms with E-state index in [0.717, 1.165) is 32.4 Å². The molecule has 1 aliphatic rings. The molecule has 1 aliphatic heterocycles. The molecule has 0 saturated carbocycles. The summed E-state index contributed by atoms with van der Waals surface area (Å²) in [7, 11) is 0. The predicted molar refractivity (Wildman–Crippen MR) is 60.8 cm³/mol. The van der Waals surface area contributed by atoms with Crippen LogP contribution < -0.4 is 0 Å². The Balaban J connectivity index is 2.02. The lowest BCUT2D eigenvalue weighted by molar-refractivity contribution is -0.139. The molecule has 0 unspecified atom stereocenters. The van der Waals surface area contributed by atoms with Gasteiger partial charge >= 0.3 is 5.97 Å². The first-order chi connectivity index (χ1) is 7.61. The van der Waals surface area contributed by atoms with E-state index in [1.165, 1.54) is 0 Å². The molecule has 1 fully saturated rings. The van der Waals surface area contributed by atoms with Crippen molar-refractivity contribution in [1.82, 2.24) is 4.90 Å². The molecule has 4 nitrogen and oxygen atoms in total. The number of likely N-dealkylation sites (tertiary alicyclic amines) is 1. The average molecular weight is 225 g/mol. The summed E-state index contributed by atoms with van der Waals surface area (Å²) in [6.07, 6.45) is 3.34. The molecule has 0 N–H and O–H groups in total. The van der Waals surface area contributed by atoms with Gasteiger partial charge in [0.2, 0.25) is 5.91 Å². The zero-order valence-electron chi connectivity index (χ0n) is 9.83. The zero-order chi connectivity index (χ0) is 12.0. The molecule has 0 bridgehead atoms. The van der Waals surface area contributed by atoms with E-state index in [1.807, 2.05) is 4.90 Å². The van der Waals surface area contributed by atoms with Crippen LogP contribution in [-0.4, -0.2) is 36.5 Å². The quantitative estimate of drug-likeness (QED) is 0.391. The Morgan fingerprint density at radius 1 is 1.50 bits per heavy atom. The molecule has 0 spiro atoms. The van der Waals surface area contributed by atoms with Gasteiger partial charge in [-0.2, -0.15) is 0 Å². The third-order valence-corrected chi connectivity index (χ3v) is 2.58. The van der Waals surface area contributed by atoms with Crippen molar-refractivity contribution in [2.45, 2.75) is 32.6 Å². The van der Waals surface area contributed by atoms with Gasteiger partial charge in [0.05, 0.1) is 6.61 Å². The van der Waals surface area contributed by atoms with Crippen LogP contribution in [0.3, 0.4) is 0 Å². The highest BCUT2D eigenvalue weighted by atomic mass is 16.5. The fourth-order valence-corrected chi connectivity index (χ4v) is 1.63. The van der Waals surface area contributed by atoms with E-state index in [-0.39, 0.29) is 11.9 Å². The normalized spacial score (nSPS) is 15.3. The van der Waals surface area contributed by atoms with Crippen molar-refractivity contribution in [2.75, 3.05) is 19.7 Å². The highest BCUT2D eigenvalue weighted by molar-refractivity contribution is 5.86. The van der Waals surface area contributed by atoms with Crippen LogP contribution in [0.5, 0.6) is 0 Å². The fourth-order valence-electron chi connectivity index (χ4n) is 1.63. The minimum absolute atomic E-state index is 0.249. The number of hydrogen-bond acceptors (Lipinski definition) is 3. The summed E-state index contributed by atoms with van der Waals surface area (Å²) in [4.78, 5) is 24.2. The zero-order valence-corrected chi connectivity index (χ0v) is 9.83. The second-order valence-electron chi connectivity index (χ2n) is 4.11. The van der Waals surface area contributed by atoms with E-state index in [4.69, 9.17) is 4.74 Å². The summed E-state index contributed by atoms with van der Waals surface area (Å²) >= 11 is 0. The van der Waals surface area contributed by atoms with Gasteiger partial charge in [0.25, 0.3) is 0 Å². The molecule has 4 heteroatoms. The fraction of sp³-hybridized carbons (Fsp3) is 0.667. The van der Waals surface area contributed by atoms with Crippen LogP contribution >= 0.6 is 0 Å². The number of nitrogens with zero attached hydrogens (tertiary/aromatic N) is 1. The van der Waals surface area contributed by atoms with Crippen molar-refractivity contribution in [3.63, 3.8) is 0 Å². The number of hydrogen-bond donors (Lipinski definition) is 0. The van der Waals surface area contributed by atoms with E-state index in [0.29, 0.717) is 18.6 Å². The summed E-state index contributed by atoms with van der Waals surface area (Å²) in [5.41, 5.74) is 0.426. The highest BCUT2D eigenvalue weighted by Gasteiger charge is 2.18. The van der Waals surface area contributed by atoms with E-state index in [9.17, 15) is 9.59 Å². The molecule has 0 aromatic heterocycles. The molecular weight excluding hydrogens is 206 g/mol. The third kappa shape index (κ3) is 4.04. The van der Waals surface area contributed by atoms with Gasteiger partial charge in [0, 0.05) is 25.1 Å². The Morgan fingerprint density at radius 2 is 2.25 bits per heavy atom. The van der Waals surface area contributed by atoms with E-state index in [2.05, 4.69) is 6.58 Å². The minimum atomic E-state index is -0.336. The van der Waals surface area contributed by atoms with Crippen molar-refractivity contribution in [1.29, 1.82) is 0 Å². The lowest BCUT2D eigenvalue weighted by atomic mass is 10.3. The number of esters is 1. The molecular formula is C12H19NO3. The van der Waals surface area contributed by atoms with Gasteiger partial charge in [-0.3, -0.25) is 4.79 Å². The molecule has 1 saturated heterocycles. The maximum absolute atomic E-state index is 11.3. The molecule has 0 aromatic rings. The van der Waals surface area contributed by atoms with Crippen LogP contribution in [0.1, 0.15) is 32.6 Å². The highest BCUT2D eigenvalue weighted by Crippen LogP contribution is 2.10. The van der Waals surface area contributed by atoms with Crippen molar-refractivity contribution >= 4 is 11.9 Å². The average Bonchev–Trinajstić information content (AvgIpc) is 2.63. The Bertz CT molecular complexity index is 286. The minimum Gasteiger partial charge on any atom is -0.462 e. The first-order valence-corrected chi connectivity index (χ1v) is 5.71. The Kier molecular flexibility index (Phi) is 5.02. The van der Waals surface area contributed by atoms with Gasteiger partial charge in [0.15, 0.2) is 0 Å². The topological polar surface area (TPSA) is 46.6 Å². The lowest BCUT2D eigenvalue weighted by Gasteiger charge is -2.14. The molecule has 1 amide bonds. The predicted octanol–water partition coefficient (Wildman–Crippen LogP) is 1.51. The van der Waals surface area contributed by atoms with E-state index >= 15 is 0 Å². The van der Waals surface area contributed by atoms with Crippen LogP contribution in [0.2, 0.25) is 0 Å². The summed E-state index contributed by atoms with van der Waals surface area (Å²) in [5, 5.41) is 0. The van der Waals surface area contributed by atoms with Gasteiger partial charge in [-0.15, -0.1) is 0 Å². The first-order valence-electron chi connectivity index (χ1n) is 5.71. The second-order valence-corrected chi connectivity index (χ2v) is 4.11. The van der Waals surface area contributed by atoms with Crippen molar-refractivity contribution in [2.24, 2.45) is 0 Å². The molecule has 16 heavy (non-hydrogen) atoms. The molecule has 1 rings (SSSR count). The maximum Gasteiger partial charge on any atom is 0.333 e. The largest absolute Gasteiger partial charge is 0.462 e. The van der Waals surface area contributed by atoms with E-state index < -0.39 is 0 Å². The Labute approximate surface area is 96.3 Å². The van der Waals surface area contributed by atoms with Gasteiger partial charge in [-0.25, -0.2) is 4.79 Å². The summed E-state index contributed by atoms with van der Waals surface area (Å²) in [5.74, 6) is -0.0869. The molecule has 0 aliphatic carbocycles. The van der Waals surface area contributed by atoms with Crippen LogP contribution in [0.15, 0.2) is 12.2 Å². The number of carbonyl (C=O) groups is 2. The Hall–Kier alpha value is -1.32. The van der Waals surface area contributed by atoms with Gasteiger partial charge in [-0.1, -0.05) is 6.58 Å². The van der Waals surface area contributed by atoms with Gasteiger partial charge in [0.1, 0.15) is 0 Å². The van der Waals surface area contributed by atoms with Crippen LogP contribution in [0.4, 0.5) is 0 Å². The number of rotatable bonds is 6. The molecule has 1 heterocycles. The van der Waals surface area contributed by atoms with Crippen molar-refractivity contribution in [3.05, 3.63) is 12.2 Å². The third-order valence-electron chi connectivity index (χ3n) is 2.58. The van der Waals surface area contributed by atoms with Crippen LogP contribution in [0.25, 0.3) is 0 Å². The standard InChI is InChI=1S/C12H19NO3/c1-10(2)12(15)16-9-4-3-7-13-8-5-6-11(13)14/h1,3-9H2,2H3. The summed E-state index contributed by atoms with van der Waals surface area (Å²) in [6, 6.07) is 0. The number of amides is 1. The summed E-state index contributed by atoms with van der Waals surface area (Å²) < 4.78 is 4.95. The van der Waals surface area contributed by atoms with Crippen molar-refractivity contribution in [3.8, 4) is 0 Å². The number of unbranched alkanes of at least 4 members (excludes halogenated alkanes) is 1. The first kappa shape index (κ1) is 12.7. The van der Waals surface area contributed by atoms with Crippen LogP contribution in [-0.2, 0) is 14.3 Å².